The Hall–Kier alpha value is -0.920. The standard InChI is InChI=1S/C13H22N4O2S/c14-8-11-4-3-7-17(9-11)20(18,19)13-10-16-6-2-1-5-12(16)15-13/h10-11H,1-9,14H2. The van der Waals surface area contributed by atoms with Crippen molar-refractivity contribution in [3.8, 4) is 0 Å². The van der Waals surface area contributed by atoms with E-state index < -0.39 is 10.0 Å². The molecule has 1 atom stereocenters. The van der Waals surface area contributed by atoms with Crippen LogP contribution in [0.4, 0.5) is 0 Å². The number of hydrogen-bond acceptors (Lipinski definition) is 4. The van der Waals surface area contributed by atoms with Crippen LogP contribution in [0.1, 0.15) is 31.5 Å². The van der Waals surface area contributed by atoms with Gasteiger partial charge in [0.15, 0.2) is 5.03 Å². The zero-order chi connectivity index (χ0) is 14.2. The molecule has 0 aliphatic carbocycles. The zero-order valence-corrected chi connectivity index (χ0v) is 12.5. The van der Waals surface area contributed by atoms with Gasteiger partial charge >= 0.3 is 0 Å². The number of aromatic nitrogens is 2. The summed E-state index contributed by atoms with van der Waals surface area (Å²) in [6.07, 6.45) is 6.67. The second-order valence-electron chi connectivity index (χ2n) is 5.75. The van der Waals surface area contributed by atoms with Gasteiger partial charge in [-0.2, -0.15) is 4.31 Å². The van der Waals surface area contributed by atoms with Crippen molar-refractivity contribution in [2.45, 2.75) is 43.7 Å². The summed E-state index contributed by atoms with van der Waals surface area (Å²) in [4.78, 5) is 4.35. The van der Waals surface area contributed by atoms with Crippen LogP contribution in [0, 0.1) is 5.92 Å². The van der Waals surface area contributed by atoms with Gasteiger partial charge in [-0.05, 0) is 38.1 Å². The smallest absolute Gasteiger partial charge is 0.262 e. The Labute approximate surface area is 120 Å². The fourth-order valence-corrected chi connectivity index (χ4v) is 4.60. The van der Waals surface area contributed by atoms with E-state index >= 15 is 0 Å². The van der Waals surface area contributed by atoms with Gasteiger partial charge in [0.05, 0.1) is 0 Å². The Balaban J connectivity index is 1.85. The van der Waals surface area contributed by atoms with Crippen LogP contribution in [-0.2, 0) is 23.0 Å². The summed E-state index contributed by atoms with van der Waals surface area (Å²) >= 11 is 0. The van der Waals surface area contributed by atoms with E-state index in [1.165, 1.54) is 0 Å². The quantitative estimate of drug-likeness (QED) is 0.885. The molecule has 0 amide bonds. The van der Waals surface area contributed by atoms with Gasteiger partial charge < -0.3 is 10.3 Å². The fourth-order valence-electron chi connectivity index (χ4n) is 3.08. The topological polar surface area (TPSA) is 81.2 Å². The molecule has 1 fully saturated rings. The van der Waals surface area contributed by atoms with Crippen molar-refractivity contribution in [2.24, 2.45) is 11.7 Å². The van der Waals surface area contributed by atoms with Gasteiger partial charge in [0, 0.05) is 32.3 Å². The minimum absolute atomic E-state index is 0.215. The third-order valence-corrected chi connectivity index (χ3v) is 6.04. The maximum Gasteiger partial charge on any atom is 0.262 e. The summed E-state index contributed by atoms with van der Waals surface area (Å²) in [7, 11) is -3.45. The molecule has 3 rings (SSSR count). The average molecular weight is 298 g/mol. The van der Waals surface area contributed by atoms with Gasteiger partial charge in [0.25, 0.3) is 10.0 Å². The maximum absolute atomic E-state index is 12.7. The average Bonchev–Trinajstić information content (AvgIpc) is 2.92. The molecule has 0 aromatic carbocycles. The molecular weight excluding hydrogens is 276 g/mol. The van der Waals surface area contributed by atoms with Crippen LogP contribution in [0.25, 0.3) is 0 Å². The second kappa shape index (κ2) is 5.46. The number of imidazole rings is 1. The van der Waals surface area contributed by atoms with Crippen molar-refractivity contribution in [3.05, 3.63) is 12.0 Å². The lowest BCUT2D eigenvalue weighted by atomic mass is 10.0. The summed E-state index contributed by atoms with van der Waals surface area (Å²) in [6.45, 7) is 2.54. The molecule has 1 aromatic heterocycles. The molecule has 0 bridgehead atoms. The number of nitrogens with two attached hydrogens (primary N) is 1. The maximum atomic E-state index is 12.7. The molecule has 0 radical (unpaired) electrons. The molecule has 1 aromatic rings. The van der Waals surface area contributed by atoms with Crippen LogP contribution in [0.15, 0.2) is 11.2 Å². The number of rotatable bonds is 3. The van der Waals surface area contributed by atoms with Crippen molar-refractivity contribution >= 4 is 10.0 Å². The summed E-state index contributed by atoms with van der Waals surface area (Å²) < 4.78 is 28.9. The highest BCUT2D eigenvalue weighted by molar-refractivity contribution is 7.89. The van der Waals surface area contributed by atoms with Crippen LogP contribution in [-0.4, -0.2) is 41.9 Å². The first kappa shape index (κ1) is 14.0. The third-order valence-electron chi connectivity index (χ3n) is 4.31. The van der Waals surface area contributed by atoms with Crippen LogP contribution < -0.4 is 5.73 Å². The number of hydrogen-bond donors (Lipinski definition) is 1. The monoisotopic (exact) mass is 298 g/mol. The zero-order valence-electron chi connectivity index (χ0n) is 11.7. The Kier molecular flexibility index (Phi) is 3.83. The lowest BCUT2D eigenvalue weighted by Gasteiger charge is -2.30. The summed E-state index contributed by atoms with van der Waals surface area (Å²) in [5.41, 5.74) is 5.69. The molecule has 20 heavy (non-hydrogen) atoms. The molecule has 0 saturated carbocycles. The highest BCUT2D eigenvalue weighted by Crippen LogP contribution is 2.24. The highest BCUT2D eigenvalue weighted by Gasteiger charge is 2.32. The first-order chi connectivity index (χ1) is 9.61. The fraction of sp³-hybridized carbons (Fsp3) is 0.769. The van der Waals surface area contributed by atoms with Crippen LogP contribution in [0.2, 0.25) is 0 Å². The van der Waals surface area contributed by atoms with Crippen LogP contribution in [0.3, 0.4) is 0 Å². The molecule has 7 heteroatoms. The van der Waals surface area contributed by atoms with Gasteiger partial charge in [-0.15, -0.1) is 0 Å². The number of nitrogens with zero attached hydrogens (tertiary/aromatic N) is 3. The van der Waals surface area contributed by atoms with Gasteiger partial charge in [0.2, 0.25) is 0 Å². The minimum atomic E-state index is -3.45. The molecule has 1 saturated heterocycles. The van der Waals surface area contributed by atoms with E-state index in [1.807, 2.05) is 4.57 Å². The summed E-state index contributed by atoms with van der Waals surface area (Å²) in [6, 6.07) is 0. The lowest BCUT2D eigenvalue weighted by molar-refractivity contribution is 0.271. The molecule has 2 aliphatic rings. The van der Waals surface area contributed by atoms with Crippen molar-refractivity contribution in [1.82, 2.24) is 13.9 Å². The largest absolute Gasteiger partial charge is 0.333 e. The molecule has 2 N–H and O–H groups in total. The Morgan fingerprint density at radius 3 is 2.90 bits per heavy atom. The Morgan fingerprint density at radius 2 is 2.15 bits per heavy atom. The number of piperidine rings is 1. The van der Waals surface area contributed by atoms with E-state index in [4.69, 9.17) is 5.73 Å². The van der Waals surface area contributed by atoms with E-state index in [-0.39, 0.29) is 10.9 Å². The van der Waals surface area contributed by atoms with Crippen molar-refractivity contribution < 1.29 is 8.42 Å². The number of fused-ring (bicyclic) bond motifs is 1. The van der Waals surface area contributed by atoms with Crippen LogP contribution in [0.5, 0.6) is 0 Å². The van der Waals surface area contributed by atoms with Crippen molar-refractivity contribution in [2.75, 3.05) is 19.6 Å². The van der Waals surface area contributed by atoms with Crippen molar-refractivity contribution in [3.63, 3.8) is 0 Å². The molecule has 6 nitrogen and oxygen atoms in total. The molecular formula is C13H22N4O2S. The van der Waals surface area contributed by atoms with E-state index in [0.29, 0.717) is 19.6 Å². The van der Waals surface area contributed by atoms with Crippen LogP contribution >= 0.6 is 0 Å². The van der Waals surface area contributed by atoms with E-state index in [0.717, 1.165) is 44.5 Å². The van der Waals surface area contributed by atoms with E-state index in [1.54, 1.807) is 10.5 Å². The lowest BCUT2D eigenvalue weighted by Crippen LogP contribution is -2.42. The van der Waals surface area contributed by atoms with Gasteiger partial charge in [0.1, 0.15) is 5.82 Å². The predicted molar refractivity (Wildman–Crippen MR) is 75.7 cm³/mol. The SMILES string of the molecule is NCC1CCCN(S(=O)(=O)c2cn3c(n2)CCCC3)C1. The number of aryl methyl sites for hydroxylation is 2. The van der Waals surface area contributed by atoms with Gasteiger partial charge in [-0.1, -0.05) is 0 Å². The first-order valence-corrected chi connectivity index (χ1v) is 8.81. The molecule has 0 spiro atoms. The molecule has 112 valence electrons. The second-order valence-corrected chi connectivity index (χ2v) is 7.64. The van der Waals surface area contributed by atoms with E-state index in [9.17, 15) is 8.42 Å². The first-order valence-electron chi connectivity index (χ1n) is 7.37. The van der Waals surface area contributed by atoms with Crippen molar-refractivity contribution in [1.29, 1.82) is 0 Å². The Morgan fingerprint density at radius 1 is 1.30 bits per heavy atom. The highest BCUT2D eigenvalue weighted by atomic mass is 32.2. The normalized spacial score (nSPS) is 24.6. The molecule has 1 unspecified atom stereocenters. The van der Waals surface area contributed by atoms with Gasteiger partial charge in [-0.25, -0.2) is 13.4 Å². The predicted octanol–water partition coefficient (Wildman–Crippen LogP) is 0.579. The summed E-state index contributed by atoms with van der Waals surface area (Å²) in [5.74, 6) is 1.18. The third kappa shape index (κ3) is 2.49. The Bertz CT molecular complexity index is 558. The number of sulfonamides is 1. The summed E-state index contributed by atoms with van der Waals surface area (Å²) in [5, 5.41) is 0.215. The minimum Gasteiger partial charge on any atom is -0.333 e. The van der Waals surface area contributed by atoms with E-state index in [2.05, 4.69) is 4.98 Å². The molecule has 2 aliphatic heterocycles. The molecule has 3 heterocycles. The van der Waals surface area contributed by atoms with Gasteiger partial charge in [-0.3, -0.25) is 0 Å².